The highest BCUT2D eigenvalue weighted by Crippen LogP contribution is 2.29. The second-order valence-corrected chi connectivity index (χ2v) is 10.8. The molecule has 0 radical (unpaired) electrons. The number of carbonyl (C=O) groups is 1. The Balaban J connectivity index is 1.19. The molecule has 1 aliphatic rings. The van der Waals surface area contributed by atoms with Crippen LogP contribution in [0.15, 0.2) is 66.7 Å². The number of para-hydroxylation sites is 2. The van der Waals surface area contributed by atoms with Gasteiger partial charge in [0.25, 0.3) is 0 Å². The summed E-state index contributed by atoms with van der Waals surface area (Å²) in [6.45, 7) is 8.66. The van der Waals surface area contributed by atoms with Gasteiger partial charge in [-0.1, -0.05) is 48.5 Å². The molecule has 0 bridgehead atoms. The number of hydrogen-bond acceptors (Lipinski definition) is 7. The summed E-state index contributed by atoms with van der Waals surface area (Å²) in [6, 6.07) is 22.4. The molecule has 0 aromatic heterocycles. The summed E-state index contributed by atoms with van der Waals surface area (Å²) in [5.74, 6) is 2.88. The second kappa shape index (κ2) is 17.5. The van der Waals surface area contributed by atoms with Crippen LogP contribution in [0.1, 0.15) is 47.9 Å². The van der Waals surface area contributed by atoms with E-state index in [0.717, 1.165) is 66.3 Å². The van der Waals surface area contributed by atoms with E-state index >= 15 is 0 Å². The minimum Gasteiger partial charge on any atom is -0.496 e. The quantitative estimate of drug-likeness (QED) is 0.209. The number of benzene rings is 3. The number of amides is 1. The predicted molar refractivity (Wildman–Crippen MR) is 168 cm³/mol. The summed E-state index contributed by atoms with van der Waals surface area (Å²) in [6.07, 6.45) is 2.62. The molecular weight excluding hydrogens is 544 g/mol. The zero-order valence-electron chi connectivity index (χ0n) is 25.7. The number of rotatable bonds is 17. The molecular formula is C35H46N2O6. The normalized spacial score (nSPS) is 16.4. The molecule has 8 heteroatoms. The van der Waals surface area contributed by atoms with Crippen LogP contribution in [0.2, 0.25) is 0 Å². The summed E-state index contributed by atoms with van der Waals surface area (Å²) in [5, 5.41) is 6.33. The lowest BCUT2D eigenvalue weighted by molar-refractivity contribution is -0.118. The number of carbonyl (C=O) groups excluding carboxylic acids is 1. The van der Waals surface area contributed by atoms with E-state index in [4.69, 9.17) is 23.7 Å². The van der Waals surface area contributed by atoms with E-state index in [1.165, 1.54) is 12.5 Å². The van der Waals surface area contributed by atoms with Gasteiger partial charge in [0.15, 0.2) is 0 Å². The molecule has 232 valence electrons. The van der Waals surface area contributed by atoms with E-state index in [1.807, 2.05) is 55.5 Å². The highest BCUT2D eigenvalue weighted by Gasteiger charge is 2.27. The molecule has 1 amide bonds. The van der Waals surface area contributed by atoms with Crippen LogP contribution in [0, 0.1) is 6.92 Å². The van der Waals surface area contributed by atoms with Crippen molar-refractivity contribution in [1.29, 1.82) is 0 Å². The number of hydrogen-bond donors (Lipinski definition) is 2. The van der Waals surface area contributed by atoms with Gasteiger partial charge in [0.2, 0.25) is 5.91 Å². The van der Waals surface area contributed by atoms with Crippen molar-refractivity contribution in [2.24, 2.45) is 0 Å². The maximum Gasteiger partial charge on any atom is 0.216 e. The van der Waals surface area contributed by atoms with E-state index in [2.05, 4.69) is 28.8 Å². The monoisotopic (exact) mass is 590 g/mol. The molecule has 0 spiro atoms. The molecule has 8 nitrogen and oxygen atoms in total. The predicted octanol–water partition coefficient (Wildman–Crippen LogP) is 5.21. The zero-order valence-corrected chi connectivity index (χ0v) is 25.7. The lowest BCUT2D eigenvalue weighted by atomic mass is 9.88. The van der Waals surface area contributed by atoms with Gasteiger partial charge in [-0.15, -0.1) is 0 Å². The third-order valence-electron chi connectivity index (χ3n) is 7.61. The van der Waals surface area contributed by atoms with Gasteiger partial charge in [-0.25, -0.2) is 0 Å². The summed E-state index contributed by atoms with van der Waals surface area (Å²) >= 11 is 0. The van der Waals surface area contributed by atoms with Crippen LogP contribution < -0.4 is 24.8 Å². The van der Waals surface area contributed by atoms with Crippen molar-refractivity contribution < 1.29 is 28.5 Å². The summed E-state index contributed by atoms with van der Waals surface area (Å²) < 4.78 is 29.7. The maximum atomic E-state index is 11.2. The SMILES string of the molecule is COc1ccccc1COCCCOc1ccc([C@H]2CCNC[C@@H]2OCCOc2c(C)cccc2CCNC(C)=O)cc1. The Morgan fingerprint density at radius 2 is 1.74 bits per heavy atom. The first-order valence-electron chi connectivity index (χ1n) is 15.3. The van der Waals surface area contributed by atoms with E-state index in [0.29, 0.717) is 45.5 Å². The van der Waals surface area contributed by atoms with Crippen LogP contribution in [0.4, 0.5) is 0 Å². The minimum absolute atomic E-state index is 0.0245. The minimum atomic E-state index is -0.0245. The summed E-state index contributed by atoms with van der Waals surface area (Å²) in [4.78, 5) is 11.2. The van der Waals surface area contributed by atoms with Gasteiger partial charge in [-0.3, -0.25) is 4.79 Å². The van der Waals surface area contributed by atoms with Crippen molar-refractivity contribution in [1.82, 2.24) is 10.6 Å². The molecule has 0 aliphatic carbocycles. The van der Waals surface area contributed by atoms with Crippen molar-refractivity contribution in [3.63, 3.8) is 0 Å². The molecule has 1 fully saturated rings. The zero-order chi connectivity index (χ0) is 30.3. The number of methoxy groups -OCH3 is 1. The number of nitrogens with one attached hydrogen (secondary N) is 2. The smallest absolute Gasteiger partial charge is 0.216 e. The molecule has 2 atom stereocenters. The van der Waals surface area contributed by atoms with Gasteiger partial charge < -0.3 is 34.3 Å². The third kappa shape index (κ3) is 10.3. The van der Waals surface area contributed by atoms with Crippen LogP contribution in [0.25, 0.3) is 0 Å². The van der Waals surface area contributed by atoms with Crippen molar-refractivity contribution in [3.8, 4) is 17.2 Å². The van der Waals surface area contributed by atoms with Gasteiger partial charge in [0, 0.05) is 37.9 Å². The van der Waals surface area contributed by atoms with Crippen LogP contribution >= 0.6 is 0 Å². The largest absolute Gasteiger partial charge is 0.496 e. The standard InChI is InChI=1S/C35H46N2O6/c1-26-8-6-10-29(16-19-37-27(2)38)35(26)43-23-22-42-34-24-36-18-17-32(34)28-12-14-31(15-13-28)41-21-7-20-40-25-30-9-4-5-11-33(30)39-3/h4-6,8-15,32,34,36H,7,16-25H2,1-3H3,(H,37,38)/t32-,34+/m1/s1. The molecule has 4 rings (SSSR count). The first-order chi connectivity index (χ1) is 21.0. The lowest BCUT2D eigenvalue weighted by Gasteiger charge is -2.32. The van der Waals surface area contributed by atoms with Crippen LogP contribution in [0.3, 0.4) is 0 Å². The highest BCUT2D eigenvalue weighted by molar-refractivity contribution is 5.72. The Hall–Kier alpha value is -3.59. The van der Waals surface area contributed by atoms with Crippen molar-refractivity contribution >= 4 is 5.91 Å². The van der Waals surface area contributed by atoms with Crippen molar-refractivity contribution in [2.75, 3.05) is 53.2 Å². The number of ether oxygens (including phenoxy) is 5. The Morgan fingerprint density at radius 1 is 0.930 bits per heavy atom. The number of piperidine rings is 1. The van der Waals surface area contributed by atoms with Crippen LogP contribution in [-0.4, -0.2) is 65.2 Å². The van der Waals surface area contributed by atoms with E-state index in [9.17, 15) is 4.79 Å². The molecule has 1 aliphatic heterocycles. The fourth-order valence-corrected chi connectivity index (χ4v) is 5.39. The molecule has 3 aromatic rings. The van der Waals surface area contributed by atoms with Gasteiger partial charge in [-0.05, 0) is 61.2 Å². The van der Waals surface area contributed by atoms with E-state index in [1.54, 1.807) is 7.11 Å². The van der Waals surface area contributed by atoms with Gasteiger partial charge in [-0.2, -0.15) is 0 Å². The lowest BCUT2D eigenvalue weighted by Crippen LogP contribution is -2.41. The fourth-order valence-electron chi connectivity index (χ4n) is 5.39. The van der Waals surface area contributed by atoms with Gasteiger partial charge in [0.1, 0.15) is 23.9 Å². The molecule has 0 saturated carbocycles. The molecule has 3 aromatic carbocycles. The average Bonchev–Trinajstić information content (AvgIpc) is 3.02. The number of aryl methyl sites for hydroxylation is 1. The van der Waals surface area contributed by atoms with Gasteiger partial charge >= 0.3 is 0 Å². The first-order valence-corrected chi connectivity index (χ1v) is 15.3. The molecule has 0 unspecified atom stereocenters. The highest BCUT2D eigenvalue weighted by atomic mass is 16.5. The average molecular weight is 591 g/mol. The Labute approximate surface area is 256 Å². The van der Waals surface area contributed by atoms with Crippen LogP contribution in [-0.2, 0) is 27.3 Å². The van der Waals surface area contributed by atoms with Crippen LogP contribution in [0.5, 0.6) is 17.2 Å². The Kier molecular flexibility index (Phi) is 13.2. The third-order valence-corrected chi connectivity index (χ3v) is 7.61. The maximum absolute atomic E-state index is 11.2. The molecule has 2 N–H and O–H groups in total. The first kappa shape index (κ1) is 32.3. The van der Waals surface area contributed by atoms with E-state index in [-0.39, 0.29) is 12.0 Å². The Morgan fingerprint density at radius 3 is 2.56 bits per heavy atom. The molecule has 43 heavy (non-hydrogen) atoms. The van der Waals surface area contributed by atoms with Crippen molar-refractivity contribution in [3.05, 3.63) is 89.0 Å². The van der Waals surface area contributed by atoms with Crippen molar-refractivity contribution in [2.45, 2.75) is 51.7 Å². The van der Waals surface area contributed by atoms with Gasteiger partial charge in [0.05, 0.1) is 39.6 Å². The summed E-state index contributed by atoms with van der Waals surface area (Å²) in [7, 11) is 1.68. The topological polar surface area (TPSA) is 87.3 Å². The summed E-state index contributed by atoms with van der Waals surface area (Å²) in [5.41, 5.74) is 4.48. The molecule has 1 heterocycles. The Bertz CT molecular complexity index is 1270. The second-order valence-electron chi connectivity index (χ2n) is 10.8. The molecule has 1 saturated heterocycles. The van der Waals surface area contributed by atoms with E-state index < -0.39 is 0 Å². The fraction of sp³-hybridized carbons (Fsp3) is 0.457.